The molecule has 0 aliphatic carbocycles. The van der Waals surface area contributed by atoms with Crippen molar-refractivity contribution in [2.75, 3.05) is 5.73 Å². The first-order valence-electron chi connectivity index (χ1n) is 3.41. The van der Waals surface area contributed by atoms with E-state index in [0.717, 1.165) is 6.07 Å². The molecule has 3 N–H and O–H groups in total. The molecule has 0 aliphatic heterocycles. The van der Waals surface area contributed by atoms with Gasteiger partial charge in [-0.3, -0.25) is 0 Å². The second-order valence-corrected chi connectivity index (χ2v) is 3.20. The van der Waals surface area contributed by atoms with Crippen molar-refractivity contribution in [2.24, 2.45) is 0 Å². The number of hydrogen-bond acceptors (Lipinski definition) is 3. The Morgan fingerprint density at radius 2 is 2.21 bits per heavy atom. The molecule has 0 unspecified atom stereocenters. The largest absolute Gasteiger partial charge is 0.476 e. The Morgan fingerprint density at radius 3 is 2.64 bits per heavy atom. The number of carboxylic acid groups (broad SMARTS) is 1. The third kappa shape index (κ3) is 1.98. The van der Waals surface area contributed by atoms with Crippen LogP contribution >= 0.6 is 15.9 Å². The van der Waals surface area contributed by atoms with E-state index in [1.807, 2.05) is 0 Å². The molecule has 14 heavy (non-hydrogen) atoms. The number of aromatic nitrogens is 1. The van der Waals surface area contributed by atoms with Crippen LogP contribution in [0.2, 0.25) is 0 Å². The van der Waals surface area contributed by atoms with Gasteiger partial charge in [0.25, 0.3) is 6.43 Å². The van der Waals surface area contributed by atoms with Gasteiger partial charge in [-0.1, -0.05) is 0 Å². The number of aromatic carboxylic acids is 1. The van der Waals surface area contributed by atoms with E-state index >= 15 is 0 Å². The Bertz CT molecular complexity index is 384. The number of halogens is 3. The van der Waals surface area contributed by atoms with Crippen molar-refractivity contribution in [3.05, 3.63) is 21.8 Å². The first kappa shape index (κ1) is 10.8. The third-order valence-electron chi connectivity index (χ3n) is 1.44. The first-order valence-corrected chi connectivity index (χ1v) is 4.20. The summed E-state index contributed by atoms with van der Waals surface area (Å²) in [7, 11) is 0. The normalized spacial score (nSPS) is 10.6. The summed E-state index contributed by atoms with van der Waals surface area (Å²) in [4.78, 5) is 14.0. The average molecular weight is 267 g/mol. The maximum Gasteiger partial charge on any atom is 0.355 e. The number of carbonyl (C=O) groups is 1. The molecule has 0 aliphatic rings. The average Bonchev–Trinajstić information content (AvgIpc) is 2.07. The van der Waals surface area contributed by atoms with Crippen molar-refractivity contribution in [1.82, 2.24) is 4.98 Å². The fraction of sp³-hybridized carbons (Fsp3) is 0.143. The molecule has 0 bridgehead atoms. The molecular weight excluding hydrogens is 262 g/mol. The lowest BCUT2D eigenvalue weighted by Crippen LogP contribution is -2.07. The Labute approximate surface area is 85.9 Å². The van der Waals surface area contributed by atoms with E-state index in [2.05, 4.69) is 20.9 Å². The highest BCUT2D eigenvalue weighted by Crippen LogP contribution is 2.30. The number of anilines is 1. The number of alkyl halides is 2. The van der Waals surface area contributed by atoms with Gasteiger partial charge in [0.15, 0.2) is 5.69 Å². The van der Waals surface area contributed by atoms with E-state index in [1.54, 1.807) is 0 Å². The van der Waals surface area contributed by atoms with Crippen molar-refractivity contribution < 1.29 is 18.7 Å². The number of nitrogens with zero attached hydrogens (tertiary/aromatic N) is 1. The standard InChI is InChI=1S/C7H5BrF2N2O2/c8-4-2(6(9)10)1-3(11)12-5(4)7(13)14/h1,6H,(H2,11,12)(H,13,14). The zero-order valence-corrected chi connectivity index (χ0v) is 8.25. The van der Waals surface area contributed by atoms with Crippen molar-refractivity contribution in [1.29, 1.82) is 0 Å². The minimum atomic E-state index is -2.80. The molecule has 0 fully saturated rings. The number of hydrogen-bond donors (Lipinski definition) is 2. The molecule has 0 atom stereocenters. The zero-order valence-electron chi connectivity index (χ0n) is 6.67. The van der Waals surface area contributed by atoms with Gasteiger partial charge < -0.3 is 10.8 Å². The van der Waals surface area contributed by atoms with E-state index < -0.39 is 23.7 Å². The van der Waals surface area contributed by atoms with Crippen molar-refractivity contribution >= 4 is 27.7 Å². The van der Waals surface area contributed by atoms with Crippen LogP contribution in [0.3, 0.4) is 0 Å². The molecule has 1 aromatic rings. The predicted octanol–water partition coefficient (Wildman–Crippen LogP) is 2.06. The second-order valence-electron chi connectivity index (χ2n) is 2.40. The lowest BCUT2D eigenvalue weighted by molar-refractivity contribution is 0.0689. The molecule has 0 saturated carbocycles. The van der Waals surface area contributed by atoms with Gasteiger partial charge in [-0.2, -0.15) is 0 Å². The molecule has 0 radical (unpaired) electrons. The Hall–Kier alpha value is -1.24. The van der Waals surface area contributed by atoms with Crippen molar-refractivity contribution in [3.8, 4) is 0 Å². The van der Waals surface area contributed by atoms with Crippen molar-refractivity contribution in [2.45, 2.75) is 6.43 Å². The lowest BCUT2D eigenvalue weighted by Gasteiger charge is -2.06. The summed E-state index contributed by atoms with van der Waals surface area (Å²) in [6, 6.07) is 0.932. The molecule has 0 amide bonds. The topological polar surface area (TPSA) is 76.2 Å². The Kier molecular flexibility index (Phi) is 3.00. The highest BCUT2D eigenvalue weighted by molar-refractivity contribution is 9.10. The van der Waals surface area contributed by atoms with Crippen LogP contribution in [0.5, 0.6) is 0 Å². The molecule has 1 heterocycles. The molecule has 0 aromatic carbocycles. The minimum absolute atomic E-state index is 0.241. The quantitative estimate of drug-likeness (QED) is 0.859. The Morgan fingerprint density at radius 1 is 1.64 bits per heavy atom. The second kappa shape index (κ2) is 3.87. The van der Waals surface area contributed by atoms with Crippen LogP contribution in [-0.2, 0) is 0 Å². The van der Waals surface area contributed by atoms with Crippen LogP contribution in [0, 0.1) is 0 Å². The van der Waals surface area contributed by atoms with Gasteiger partial charge in [0.2, 0.25) is 0 Å². The number of nitrogens with two attached hydrogens (primary N) is 1. The van der Waals surface area contributed by atoms with E-state index in [1.165, 1.54) is 0 Å². The molecule has 76 valence electrons. The fourth-order valence-corrected chi connectivity index (χ4v) is 1.42. The van der Waals surface area contributed by atoms with Crippen LogP contribution in [0.1, 0.15) is 22.5 Å². The van der Waals surface area contributed by atoms with E-state index in [4.69, 9.17) is 10.8 Å². The lowest BCUT2D eigenvalue weighted by atomic mass is 10.2. The summed E-state index contributed by atoms with van der Waals surface area (Å²) in [6.07, 6.45) is -2.80. The van der Waals surface area contributed by atoms with Gasteiger partial charge in [-0.15, -0.1) is 0 Å². The zero-order chi connectivity index (χ0) is 10.9. The predicted molar refractivity (Wildman–Crippen MR) is 48.3 cm³/mol. The molecular formula is C7H5BrF2N2O2. The van der Waals surface area contributed by atoms with Crippen LogP contribution in [0.4, 0.5) is 14.6 Å². The Balaban J connectivity index is 3.40. The van der Waals surface area contributed by atoms with Crippen LogP contribution in [-0.4, -0.2) is 16.1 Å². The van der Waals surface area contributed by atoms with Gasteiger partial charge >= 0.3 is 5.97 Å². The molecule has 4 nitrogen and oxygen atoms in total. The van der Waals surface area contributed by atoms with E-state index in [0.29, 0.717) is 0 Å². The molecule has 0 spiro atoms. The number of nitrogen functional groups attached to an aromatic ring is 1. The SMILES string of the molecule is Nc1cc(C(F)F)c(Br)c(C(=O)O)n1. The highest BCUT2D eigenvalue weighted by Gasteiger charge is 2.20. The number of rotatable bonds is 2. The van der Waals surface area contributed by atoms with Crippen molar-refractivity contribution in [3.63, 3.8) is 0 Å². The van der Waals surface area contributed by atoms with Crippen LogP contribution in [0.15, 0.2) is 10.5 Å². The summed E-state index contributed by atoms with van der Waals surface area (Å²) >= 11 is 2.74. The summed E-state index contributed by atoms with van der Waals surface area (Å²) < 4.78 is 24.4. The van der Waals surface area contributed by atoms with E-state index in [9.17, 15) is 13.6 Å². The first-order chi connectivity index (χ1) is 6.43. The highest BCUT2D eigenvalue weighted by atomic mass is 79.9. The summed E-state index contributed by atoms with van der Waals surface area (Å²) in [5, 5.41) is 8.60. The monoisotopic (exact) mass is 266 g/mol. The maximum absolute atomic E-state index is 12.3. The summed E-state index contributed by atoms with van der Waals surface area (Å²) in [5.41, 5.74) is 4.18. The minimum Gasteiger partial charge on any atom is -0.476 e. The maximum atomic E-state index is 12.3. The summed E-state index contributed by atoms with van der Waals surface area (Å²) in [6.45, 7) is 0. The van der Waals surface area contributed by atoms with Gasteiger partial charge in [-0.05, 0) is 22.0 Å². The van der Waals surface area contributed by atoms with Gasteiger partial charge in [-0.25, -0.2) is 18.6 Å². The molecule has 0 saturated heterocycles. The molecule has 7 heteroatoms. The van der Waals surface area contributed by atoms with Gasteiger partial charge in [0.05, 0.1) is 4.47 Å². The van der Waals surface area contributed by atoms with Gasteiger partial charge in [0.1, 0.15) is 5.82 Å². The molecule has 1 aromatic heterocycles. The smallest absolute Gasteiger partial charge is 0.355 e. The van der Waals surface area contributed by atoms with E-state index in [-0.39, 0.29) is 10.3 Å². The van der Waals surface area contributed by atoms with Crippen LogP contribution in [0.25, 0.3) is 0 Å². The number of carboxylic acids is 1. The number of pyridine rings is 1. The van der Waals surface area contributed by atoms with Gasteiger partial charge in [0, 0.05) is 5.56 Å². The third-order valence-corrected chi connectivity index (χ3v) is 2.28. The fourth-order valence-electron chi connectivity index (χ4n) is 0.870. The van der Waals surface area contributed by atoms with Crippen LogP contribution < -0.4 is 5.73 Å². The summed E-state index contributed by atoms with van der Waals surface area (Å²) in [5.74, 6) is -1.66. The molecule has 1 rings (SSSR count).